The SMILES string of the molecule is CC(O)C(=O)O[C@@]1(CO)O[C@@H](O)[C@H](O)[C@H](O)[C@@H]1O[C@@H]1O[C@H](O)[C@@H](O)[C@H](O)[C@H]1O. The molecular weight excluding hydrogens is 392 g/mol. The van der Waals surface area contributed by atoms with Gasteiger partial charge in [0.25, 0.3) is 5.79 Å². The Hall–Kier alpha value is -1.01. The van der Waals surface area contributed by atoms with Crippen molar-refractivity contribution in [1.82, 2.24) is 0 Å². The molecule has 2 fully saturated rings. The van der Waals surface area contributed by atoms with E-state index in [2.05, 4.69) is 0 Å². The van der Waals surface area contributed by atoms with Gasteiger partial charge in [0.05, 0.1) is 0 Å². The lowest BCUT2D eigenvalue weighted by Crippen LogP contribution is -2.70. The van der Waals surface area contributed by atoms with Crippen LogP contribution in [0.1, 0.15) is 6.92 Å². The van der Waals surface area contributed by atoms with Gasteiger partial charge < -0.3 is 64.9 Å². The number of hydrogen-bond acceptors (Lipinski definition) is 14. The number of hydrogen-bond donors (Lipinski definition) is 9. The molecule has 0 aromatic heterocycles. The van der Waals surface area contributed by atoms with Gasteiger partial charge in [-0.25, -0.2) is 4.79 Å². The molecule has 2 rings (SSSR count). The van der Waals surface area contributed by atoms with E-state index in [1.807, 2.05) is 0 Å². The number of esters is 1. The van der Waals surface area contributed by atoms with Gasteiger partial charge in [0.15, 0.2) is 25.0 Å². The molecule has 2 heterocycles. The molecular formula is C14H24O14. The molecule has 28 heavy (non-hydrogen) atoms. The predicted octanol–water partition coefficient (Wildman–Crippen LogP) is -6.19. The topological polar surface area (TPSA) is 236 Å². The minimum atomic E-state index is -2.68. The maximum absolute atomic E-state index is 11.8. The summed E-state index contributed by atoms with van der Waals surface area (Å²) < 4.78 is 19.7. The molecule has 0 aromatic carbocycles. The smallest absolute Gasteiger partial charge is 0.337 e. The monoisotopic (exact) mass is 416 g/mol. The second kappa shape index (κ2) is 8.78. The van der Waals surface area contributed by atoms with Gasteiger partial charge in [-0.1, -0.05) is 0 Å². The van der Waals surface area contributed by atoms with Crippen LogP contribution in [0.25, 0.3) is 0 Å². The first-order chi connectivity index (χ1) is 12.9. The van der Waals surface area contributed by atoms with Crippen LogP contribution >= 0.6 is 0 Å². The number of aliphatic hydroxyl groups excluding tert-OH is 9. The predicted molar refractivity (Wildman–Crippen MR) is 80.5 cm³/mol. The molecule has 0 amide bonds. The van der Waals surface area contributed by atoms with Gasteiger partial charge in [-0.15, -0.1) is 0 Å². The van der Waals surface area contributed by atoms with Gasteiger partial charge in [-0.2, -0.15) is 0 Å². The maximum Gasteiger partial charge on any atom is 0.337 e. The molecule has 11 atom stereocenters. The van der Waals surface area contributed by atoms with E-state index < -0.39 is 80.0 Å². The van der Waals surface area contributed by atoms with Gasteiger partial charge in [0.1, 0.15) is 43.2 Å². The van der Waals surface area contributed by atoms with Gasteiger partial charge in [-0.3, -0.25) is 0 Å². The summed E-state index contributed by atoms with van der Waals surface area (Å²) in [7, 11) is 0. The molecule has 0 aliphatic carbocycles. The van der Waals surface area contributed by atoms with E-state index in [-0.39, 0.29) is 0 Å². The highest BCUT2D eigenvalue weighted by molar-refractivity contribution is 5.74. The first-order valence-electron chi connectivity index (χ1n) is 8.22. The third kappa shape index (κ3) is 4.28. The van der Waals surface area contributed by atoms with E-state index in [9.17, 15) is 50.8 Å². The third-order valence-electron chi connectivity index (χ3n) is 4.37. The quantitative estimate of drug-likeness (QED) is 0.190. The van der Waals surface area contributed by atoms with Crippen molar-refractivity contribution in [3.63, 3.8) is 0 Å². The Morgan fingerprint density at radius 3 is 2.07 bits per heavy atom. The van der Waals surface area contributed by atoms with Crippen molar-refractivity contribution in [1.29, 1.82) is 0 Å². The average Bonchev–Trinajstić information content (AvgIpc) is 2.65. The van der Waals surface area contributed by atoms with E-state index in [1.165, 1.54) is 0 Å². The zero-order valence-electron chi connectivity index (χ0n) is 14.5. The summed E-state index contributed by atoms with van der Waals surface area (Å²) in [6.45, 7) is -0.247. The lowest BCUT2D eigenvalue weighted by molar-refractivity contribution is -0.428. The van der Waals surface area contributed by atoms with E-state index >= 15 is 0 Å². The Morgan fingerprint density at radius 2 is 1.54 bits per heavy atom. The minimum Gasteiger partial charge on any atom is -0.425 e. The zero-order valence-corrected chi connectivity index (χ0v) is 14.5. The fourth-order valence-electron chi connectivity index (χ4n) is 2.72. The van der Waals surface area contributed by atoms with Crippen LogP contribution in [0.4, 0.5) is 0 Å². The lowest BCUT2D eigenvalue weighted by Gasteiger charge is -2.49. The average molecular weight is 416 g/mol. The van der Waals surface area contributed by atoms with Gasteiger partial charge in [-0.05, 0) is 6.92 Å². The second-order valence-corrected chi connectivity index (χ2v) is 6.48. The minimum absolute atomic E-state index is 1.01. The lowest BCUT2D eigenvalue weighted by atomic mass is 9.95. The highest BCUT2D eigenvalue weighted by atomic mass is 16.8. The molecule has 0 aromatic rings. The van der Waals surface area contributed by atoms with Crippen LogP contribution in [-0.2, 0) is 23.7 Å². The zero-order chi connectivity index (χ0) is 21.4. The molecule has 0 spiro atoms. The molecule has 9 N–H and O–H groups in total. The van der Waals surface area contributed by atoms with Crippen molar-refractivity contribution in [3.8, 4) is 0 Å². The van der Waals surface area contributed by atoms with E-state index in [0.717, 1.165) is 6.92 Å². The Bertz CT molecular complexity index is 544. The highest BCUT2D eigenvalue weighted by Gasteiger charge is 2.59. The number of rotatable bonds is 5. The normalized spacial score (nSPS) is 48.1. The molecule has 0 bridgehead atoms. The molecule has 1 unspecified atom stereocenters. The molecule has 2 aliphatic heterocycles. The second-order valence-electron chi connectivity index (χ2n) is 6.48. The van der Waals surface area contributed by atoms with E-state index in [0.29, 0.717) is 0 Å². The van der Waals surface area contributed by atoms with Crippen molar-refractivity contribution in [2.75, 3.05) is 6.61 Å². The first-order valence-corrected chi connectivity index (χ1v) is 8.22. The van der Waals surface area contributed by atoms with Gasteiger partial charge in [0, 0.05) is 0 Å². The Morgan fingerprint density at radius 1 is 0.964 bits per heavy atom. The fourth-order valence-corrected chi connectivity index (χ4v) is 2.72. The summed E-state index contributed by atoms with van der Waals surface area (Å²) in [4.78, 5) is 11.8. The third-order valence-corrected chi connectivity index (χ3v) is 4.37. The highest BCUT2D eigenvalue weighted by Crippen LogP contribution is 2.35. The Kier molecular flexibility index (Phi) is 7.30. The number of ether oxygens (including phenoxy) is 4. The van der Waals surface area contributed by atoms with Crippen LogP contribution in [0.15, 0.2) is 0 Å². The Labute approximate surface area is 157 Å². The molecule has 0 saturated carbocycles. The fraction of sp³-hybridized carbons (Fsp3) is 0.929. The van der Waals surface area contributed by atoms with Crippen LogP contribution in [0.3, 0.4) is 0 Å². The molecule has 14 nitrogen and oxygen atoms in total. The number of carbonyl (C=O) groups is 1. The van der Waals surface area contributed by atoms with Crippen molar-refractivity contribution in [2.24, 2.45) is 0 Å². The Balaban J connectivity index is 2.33. The molecule has 0 radical (unpaired) electrons. The van der Waals surface area contributed by atoms with Crippen molar-refractivity contribution < 1.29 is 69.7 Å². The van der Waals surface area contributed by atoms with Crippen LogP contribution in [0.5, 0.6) is 0 Å². The summed E-state index contributed by atoms with van der Waals surface area (Å²) in [5, 5.41) is 87.5. The first kappa shape index (κ1) is 23.3. The van der Waals surface area contributed by atoms with E-state index in [1.54, 1.807) is 0 Å². The van der Waals surface area contributed by atoms with Crippen molar-refractivity contribution in [3.05, 3.63) is 0 Å². The van der Waals surface area contributed by atoms with Crippen molar-refractivity contribution >= 4 is 5.97 Å². The van der Waals surface area contributed by atoms with Crippen LogP contribution in [0, 0.1) is 0 Å². The molecule has 14 heteroatoms. The van der Waals surface area contributed by atoms with Crippen LogP contribution in [-0.4, -0.2) is 126 Å². The summed E-state index contributed by atoms with van der Waals surface area (Å²) in [5.74, 6) is -4.04. The van der Waals surface area contributed by atoms with Gasteiger partial charge in [0.2, 0.25) is 0 Å². The molecule has 164 valence electrons. The summed E-state index contributed by atoms with van der Waals surface area (Å²) in [6.07, 6.45) is -19.9. The van der Waals surface area contributed by atoms with Crippen molar-refractivity contribution in [2.45, 2.75) is 74.3 Å². The maximum atomic E-state index is 11.8. The largest absolute Gasteiger partial charge is 0.425 e. The summed E-state index contributed by atoms with van der Waals surface area (Å²) >= 11 is 0. The molecule has 2 saturated heterocycles. The van der Waals surface area contributed by atoms with Gasteiger partial charge >= 0.3 is 5.97 Å². The number of aliphatic hydroxyl groups is 9. The van der Waals surface area contributed by atoms with Crippen LogP contribution in [0.2, 0.25) is 0 Å². The number of carbonyl (C=O) groups excluding carboxylic acids is 1. The molecule has 2 aliphatic rings. The standard InChI is InChI=1S/C14H24O14/c1-3(16)10(22)27-14(2-15)9(5(18)7(20)12(24)28-14)25-13-8(21)4(17)6(19)11(23)26-13/h3-9,11-13,15-21,23-24H,2H2,1H3/t3?,4-,5-,6-,7+,8+,9-,11-,12+,13+,14-/m0/s1. The summed E-state index contributed by atoms with van der Waals surface area (Å²) in [6, 6.07) is 0. The van der Waals surface area contributed by atoms with Crippen LogP contribution < -0.4 is 0 Å². The van der Waals surface area contributed by atoms with E-state index in [4.69, 9.17) is 18.9 Å². The summed E-state index contributed by atoms with van der Waals surface area (Å²) in [5.41, 5.74) is 0.